The highest BCUT2D eigenvalue weighted by molar-refractivity contribution is 5.78. The smallest absolute Gasteiger partial charge is 0.226 e. The molecule has 5 nitrogen and oxygen atoms in total. The van der Waals surface area contributed by atoms with Crippen molar-refractivity contribution in [1.29, 1.82) is 0 Å². The minimum atomic E-state index is -0.118. The van der Waals surface area contributed by atoms with Crippen LogP contribution < -0.4 is 5.32 Å². The number of aryl methyl sites for hydroxylation is 1. The number of carbonyl (C=O) groups excluding carboxylic acids is 1. The molecule has 3 rings (SSSR count). The fourth-order valence-corrected chi connectivity index (χ4v) is 2.64. The molecule has 0 aliphatic heterocycles. The lowest BCUT2D eigenvalue weighted by Crippen LogP contribution is -2.24. The molecule has 1 N–H and O–H groups in total. The minimum absolute atomic E-state index is 0.0995. The van der Waals surface area contributed by atoms with Crippen LogP contribution in [0.25, 0.3) is 11.5 Å². The summed E-state index contributed by atoms with van der Waals surface area (Å²) >= 11 is 0. The number of rotatable bonds is 5. The number of carbonyl (C=O) groups is 1. The molecular formula is C21H24N2O3. The van der Waals surface area contributed by atoms with Crippen LogP contribution in [0.5, 0.6) is 0 Å². The van der Waals surface area contributed by atoms with Gasteiger partial charge in [-0.25, -0.2) is 4.98 Å². The van der Waals surface area contributed by atoms with Gasteiger partial charge in [0.25, 0.3) is 0 Å². The Morgan fingerprint density at radius 2 is 1.88 bits per heavy atom. The molecule has 0 aliphatic rings. The van der Waals surface area contributed by atoms with Gasteiger partial charge in [-0.3, -0.25) is 4.79 Å². The van der Waals surface area contributed by atoms with E-state index in [4.69, 9.17) is 8.83 Å². The van der Waals surface area contributed by atoms with Crippen LogP contribution in [0.2, 0.25) is 0 Å². The standard InChI is InChI=1S/C21H24N2O3/c1-14-18(12-19(24)22-13-17-6-5-11-25-17)23-20(26-14)15-7-9-16(10-8-15)21(2,3)4/h5-11H,12-13H2,1-4H3,(H,22,24). The van der Waals surface area contributed by atoms with E-state index < -0.39 is 0 Å². The van der Waals surface area contributed by atoms with E-state index in [1.54, 1.807) is 12.3 Å². The maximum Gasteiger partial charge on any atom is 0.226 e. The van der Waals surface area contributed by atoms with Gasteiger partial charge in [0.1, 0.15) is 11.5 Å². The second kappa shape index (κ2) is 7.20. The third-order valence-corrected chi connectivity index (χ3v) is 4.26. The maximum absolute atomic E-state index is 12.1. The predicted octanol–water partition coefficient (Wildman–Crippen LogP) is 4.40. The molecule has 2 aromatic heterocycles. The number of amides is 1. The summed E-state index contributed by atoms with van der Waals surface area (Å²) in [5.74, 6) is 1.80. The largest absolute Gasteiger partial charge is 0.467 e. The summed E-state index contributed by atoms with van der Waals surface area (Å²) in [6.07, 6.45) is 1.76. The molecule has 0 saturated heterocycles. The van der Waals surface area contributed by atoms with Crippen LogP contribution in [0, 0.1) is 6.92 Å². The first-order chi connectivity index (χ1) is 12.3. The summed E-state index contributed by atoms with van der Waals surface area (Å²) in [6, 6.07) is 11.8. The quantitative estimate of drug-likeness (QED) is 0.739. The summed E-state index contributed by atoms with van der Waals surface area (Å²) in [6.45, 7) is 8.73. The van der Waals surface area contributed by atoms with Crippen molar-refractivity contribution in [2.45, 2.75) is 46.1 Å². The second-order valence-corrected chi connectivity index (χ2v) is 7.38. The van der Waals surface area contributed by atoms with Gasteiger partial charge >= 0.3 is 0 Å². The number of oxazole rings is 1. The summed E-state index contributed by atoms with van der Waals surface area (Å²) < 4.78 is 11.0. The molecule has 3 aromatic rings. The van der Waals surface area contributed by atoms with E-state index in [2.05, 4.69) is 43.2 Å². The zero-order valence-corrected chi connectivity index (χ0v) is 15.6. The molecule has 0 spiro atoms. The predicted molar refractivity (Wildman–Crippen MR) is 99.6 cm³/mol. The van der Waals surface area contributed by atoms with Crippen molar-refractivity contribution < 1.29 is 13.6 Å². The molecular weight excluding hydrogens is 328 g/mol. The summed E-state index contributed by atoms with van der Waals surface area (Å²) in [5, 5.41) is 2.82. The van der Waals surface area contributed by atoms with Crippen molar-refractivity contribution in [2.75, 3.05) is 0 Å². The van der Waals surface area contributed by atoms with E-state index in [9.17, 15) is 4.79 Å². The highest BCUT2D eigenvalue weighted by Gasteiger charge is 2.17. The van der Waals surface area contributed by atoms with Gasteiger partial charge in [-0.15, -0.1) is 0 Å². The Bertz CT molecular complexity index is 869. The van der Waals surface area contributed by atoms with Gasteiger partial charge in [-0.2, -0.15) is 0 Å². The zero-order valence-electron chi connectivity index (χ0n) is 15.6. The molecule has 0 fully saturated rings. The van der Waals surface area contributed by atoms with Crippen molar-refractivity contribution in [3.8, 4) is 11.5 Å². The lowest BCUT2D eigenvalue weighted by atomic mass is 9.87. The van der Waals surface area contributed by atoms with Crippen LogP contribution >= 0.6 is 0 Å². The number of hydrogen-bond donors (Lipinski definition) is 1. The SMILES string of the molecule is Cc1oc(-c2ccc(C(C)(C)C)cc2)nc1CC(=O)NCc1ccco1. The van der Waals surface area contributed by atoms with Gasteiger partial charge < -0.3 is 14.2 Å². The highest BCUT2D eigenvalue weighted by Crippen LogP contribution is 2.27. The molecule has 0 bridgehead atoms. The molecule has 0 atom stereocenters. The van der Waals surface area contributed by atoms with Crippen molar-refractivity contribution in [2.24, 2.45) is 0 Å². The minimum Gasteiger partial charge on any atom is -0.467 e. The lowest BCUT2D eigenvalue weighted by molar-refractivity contribution is -0.120. The molecule has 0 saturated carbocycles. The van der Waals surface area contributed by atoms with Gasteiger partial charge in [0.2, 0.25) is 11.8 Å². The van der Waals surface area contributed by atoms with Crippen molar-refractivity contribution in [3.63, 3.8) is 0 Å². The topological polar surface area (TPSA) is 68.3 Å². The van der Waals surface area contributed by atoms with Crippen LogP contribution in [-0.2, 0) is 23.2 Å². The first kappa shape index (κ1) is 18.0. The second-order valence-electron chi connectivity index (χ2n) is 7.38. The molecule has 136 valence electrons. The molecule has 0 unspecified atom stereocenters. The molecule has 5 heteroatoms. The van der Waals surface area contributed by atoms with Crippen LogP contribution in [0.1, 0.15) is 43.5 Å². The normalized spacial score (nSPS) is 11.5. The van der Waals surface area contributed by atoms with Gasteiger partial charge in [0, 0.05) is 5.56 Å². The summed E-state index contributed by atoms with van der Waals surface area (Å²) in [5.41, 5.74) is 2.91. The fourth-order valence-electron chi connectivity index (χ4n) is 2.64. The van der Waals surface area contributed by atoms with E-state index >= 15 is 0 Å². The van der Waals surface area contributed by atoms with E-state index in [-0.39, 0.29) is 17.7 Å². The number of furan rings is 1. The third kappa shape index (κ3) is 4.23. The monoisotopic (exact) mass is 352 g/mol. The number of hydrogen-bond acceptors (Lipinski definition) is 4. The third-order valence-electron chi connectivity index (χ3n) is 4.26. The molecule has 2 heterocycles. The van der Waals surface area contributed by atoms with Crippen molar-refractivity contribution in [1.82, 2.24) is 10.3 Å². The van der Waals surface area contributed by atoms with Crippen LogP contribution in [0.4, 0.5) is 0 Å². The van der Waals surface area contributed by atoms with E-state index in [1.165, 1.54) is 5.56 Å². The maximum atomic E-state index is 12.1. The molecule has 0 aliphatic carbocycles. The highest BCUT2D eigenvalue weighted by atomic mass is 16.4. The van der Waals surface area contributed by atoms with Crippen molar-refractivity contribution >= 4 is 5.91 Å². The van der Waals surface area contributed by atoms with Gasteiger partial charge in [-0.1, -0.05) is 32.9 Å². The zero-order chi connectivity index (χ0) is 18.7. The Morgan fingerprint density at radius 1 is 1.15 bits per heavy atom. The average Bonchev–Trinajstić information content (AvgIpc) is 3.23. The average molecular weight is 352 g/mol. The molecule has 1 aromatic carbocycles. The number of nitrogens with one attached hydrogen (secondary N) is 1. The number of aromatic nitrogens is 1. The van der Waals surface area contributed by atoms with Crippen LogP contribution in [0.3, 0.4) is 0 Å². The Labute approximate surface area is 153 Å². The first-order valence-corrected chi connectivity index (χ1v) is 8.69. The fraction of sp³-hybridized carbons (Fsp3) is 0.333. The Morgan fingerprint density at radius 3 is 2.50 bits per heavy atom. The first-order valence-electron chi connectivity index (χ1n) is 8.69. The lowest BCUT2D eigenvalue weighted by Gasteiger charge is -2.18. The van der Waals surface area contributed by atoms with Crippen LogP contribution in [-0.4, -0.2) is 10.9 Å². The van der Waals surface area contributed by atoms with E-state index in [1.807, 2.05) is 25.1 Å². The number of nitrogens with zero attached hydrogens (tertiary/aromatic N) is 1. The van der Waals surface area contributed by atoms with Gasteiger partial charge in [0.15, 0.2) is 0 Å². The van der Waals surface area contributed by atoms with Crippen molar-refractivity contribution in [3.05, 3.63) is 65.4 Å². The van der Waals surface area contributed by atoms with E-state index in [0.29, 0.717) is 23.9 Å². The summed E-state index contributed by atoms with van der Waals surface area (Å²) in [4.78, 5) is 16.6. The number of benzene rings is 1. The Kier molecular flexibility index (Phi) is 4.98. The van der Waals surface area contributed by atoms with E-state index in [0.717, 1.165) is 11.3 Å². The van der Waals surface area contributed by atoms with Crippen LogP contribution in [0.15, 0.2) is 51.5 Å². The van der Waals surface area contributed by atoms with Gasteiger partial charge in [0.05, 0.1) is 24.9 Å². The molecule has 26 heavy (non-hydrogen) atoms. The summed E-state index contributed by atoms with van der Waals surface area (Å²) in [7, 11) is 0. The molecule has 1 amide bonds. The molecule has 0 radical (unpaired) electrons. The Balaban J connectivity index is 1.67. The Hall–Kier alpha value is -2.82. The van der Waals surface area contributed by atoms with Gasteiger partial charge in [-0.05, 0) is 42.2 Å².